The van der Waals surface area contributed by atoms with Crippen molar-refractivity contribution in [3.63, 3.8) is 0 Å². The van der Waals surface area contributed by atoms with Gasteiger partial charge in [-0.15, -0.1) is 0 Å². The summed E-state index contributed by atoms with van der Waals surface area (Å²) in [6.07, 6.45) is 2.72. The van der Waals surface area contributed by atoms with E-state index in [0.717, 1.165) is 41.8 Å². The minimum absolute atomic E-state index is 0.0496. The Kier molecular flexibility index (Phi) is 5.60. The Morgan fingerprint density at radius 2 is 2.07 bits per heavy atom. The summed E-state index contributed by atoms with van der Waals surface area (Å²) in [5.41, 5.74) is 4.07. The molecule has 0 spiro atoms. The van der Waals surface area contributed by atoms with Crippen LogP contribution in [-0.2, 0) is 6.42 Å². The lowest BCUT2D eigenvalue weighted by Gasteiger charge is -2.32. The first-order valence-corrected chi connectivity index (χ1v) is 10.1. The number of carbonyl (C=O) groups is 1. The van der Waals surface area contributed by atoms with Crippen molar-refractivity contribution in [3.8, 4) is 11.4 Å². The number of anilines is 1. The number of amides is 2. The Labute approximate surface area is 170 Å². The Hall–Kier alpha value is -3.15. The van der Waals surface area contributed by atoms with E-state index in [1.54, 1.807) is 0 Å². The number of likely N-dealkylation sites (tertiary alicyclic amines) is 1. The third kappa shape index (κ3) is 4.65. The molecule has 1 aliphatic heterocycles. The van der Waals surface area contributed by atoms with Crippen LogP contribution in [0.5, 0.6) is 0 Å². The zero-order chi connectivity index (χ0) is 20.2. The molecule has 2 heterocycles. The van der Waals surface area contributed by atoms with E-state index in [1.807, 2.05) is 67.3 Å². The van der Waals surface area contributed by atoms with Crippen LogP contribution < -0.4 is 5.32 Å². The van der Waals surface area contributed by atoms with Crippen LogP contribution in [0.15, 0.2) is 53.1 Å². The van der Waals surface area contributed by atoms with Gasteiger partial charge in [0.25, 0.3) is 0 Å². The van der Waals surface area contributed by atoms with Gasteiger partial charge in [0, 0.05) is 30.8 Å². The molecule has 1 saturated heterocycles. The van der Waals surface area contributed by atoms with E-state index in [1.165, 1.54) is 0 Å². The van der Waals surface area contributed by atoms with Gasteiger partial charge in [0.1, 0.15) is 0 Å². The number of nitrogens with one attached hydrogen (secondary N) is 1. The second-order valence-corrected chi connectivity index (χ2v) is 7.78. The molecule has 0 bridgehead atoms. The summed E-state index contributed by atoms with van der Waals surface area (Å²) in [6, 6.07) is 15.8. The monoisotopic (exact) mass is 390 g/mol. The van der Waals surface area contributed by atoms with Crippen molar-refractivity contribution in [1.82, 2.24) is 15.0 Å². The van der Waals surface area contributed by atoms with Gasteiger partial charge < -0.3 is 14.7 Å². The van der Waals surface area contributed by atoms with Crippen LogP contribution in [0.2, 0.25) is 0 Å². The highest BCUT2D eigenvalue weighted by atomic mass is 16.5. The van der Waals surface area contributed by atoms with Crippen molar-refractivity contribution in [2.24, 2.45) is 5.92 Å². The maximum Gasteiger partial charge on any atom is 0.321 e. The van der Waals surface area contributed by atoms with Gasteiger partial charge in [-0.3, -0.25) is 0 Å². The maximum absolute atomic E-state index is 12.7. The standard InChI is InChI=1S/C23H26N4O2/c1-16-7-5-10-19(13-16)24-23(28)27-12-6-9-18(15-27)14-21-25-22(26-29-21)20-11-4-3-8-17(20)2/h3-5,7-8,10-11,13,18H,6,9,12,14-15H2,1-2H3,(H,24,28). The summed E-state index contributed by atoms with van der Waals surface area (Å²) in [5, 5.41) is 7.16. The topological polar surface area (TPSA) is 71.3 Å². The first-order chi connectivity index (χ1) is 14.1. The number of benzene rings is 2. The molecular formula is C23H26N4O2. The van der Waals surface area contributed by atoms with Crippen molar-refractivity contribution in [2.75, 3.05) is 18.4 Å². The highest BCUT2D eigenvalue weighted by molar-refractivity contribution is 5.89. The Balaban J connectivity index is 1.38. The average Bonchev–Trinajstić information content (AvgIpc) is 3.17. The van der Waals surface area contributed by atoms with Crippen molar-refractivity contribution in [3.05, 3.63) is 65.5 Å². The largest absolute Gasteiger partial charge is 0.339 e. The van der Waals surface area contributed by atoms with Crippen molar-refractivity contribution in [1.29, 1.82) is 0 Å². The lowest BCUT2D eigenvalue weighted by atomic mass is 9.95. The zero-order valence-electron chi connectivity index (χ0n) is 16.9. The molecule has 2 aromatic carbocycles. The molecule has 1 unspecified atom stereocenters. The van der Waals surface area contributed by atoms with Gasteiger partial charge >= 0.3 is 6.03 Å². The minimum Gasteiger partial charge on any atom is -0.339 e. The molecule has 1 aliphatic rings. The van der Waals surface area contributed by atoms with Gasteiger partial charge in [0.2, 0.25) is 11.7 Å². The highest BCUT2D eigenvalue weighted by Crippen LogP contribution is 2.24. The summed E-state index contributed by atoms with van der Waals surface area (Å²) in [4.78, 5) is 19.1. The molecule has 29 heavy (non-hydrogen) atoms. The van der Waals surface area contributed by atoms with Gasteiger partial charge in [-0.25, -0.2) is 4.79 Å². The van der Waals surface area contributed by atoms with Crippen molar-refractivity contribution >= 4 is 11.7 Å². The first-order valence-electron chi connectivity index (χ1n) is 10.1. The first kappa shape index (κ1) is 19.2. The summed E-state index contributed by atoms with van der Waals surface area (Å²) in [7, 11) is 0. The molecule has 0 aliphatic carbocycles. The molecule has 0 radical (unpaired) electrons. The number of nitrogens with zero attached hydrogens (tertiary/aromatic N) is 3. The van der Waals surface area contributed by atoms with E-state index in [4.69, 9.17) is 4.52 Å². The van der Waals surface area contributed by atoms with E-state index in [9.17, 15) is 4.79 Å². The molecule has 1 fully saturated rings. The molecule has 6 heteroatoms. The van der Waals surface area contributed by atoms with Gasteiger partial charge in [0.05, 0.1) is 0 Å². The van der Waals surface area contributed by atoms with E-state index >= 15 is 0 Å². The predicted molar refractivity (Wildman–Crippen MR) is 113 cm³/mol. The maximum atomic E-state index is 12.7. The number of piperidine rings is 1. The molecule has 2 amide bonds. The number of hydrogen-bond donors (Lipinski definition) is 1. The molecule has 1 N–H and O–H groups in total. The smallest absolute Gasteiger partial charge is 0.321 e. The van der Waals surface area contributed by atoms with Crippen LogP contribution >= 0.6 is 0 Å². The van der Waals surface area contributed by atoms with E-state index in [0.29, 0.717) is 30.6 Å². The number of rotatable bonds is 4. The molecule has 3 aromatic rings. The normalized spacial score (nSPS) is 16.6. The zero-order valence-corrected chi connectivity index (χ0v) is 16.9. The Morgan fingerprint density at radius 1 is 1.21 bits per heavy atom. The SMILES string of the molecule is Cc1cccc(NC(=O)N2CCCC(Cc3nc(-c4ccccc4C)no3)C2)c1. The Bertz CT molecular complexity index is 998. The molecule has 4 rings (SSSR count). The summed E-state index contributed by atoms with van der Waals surface area (Å²) >= 11 is 0. The average molecular weight is 390 g/mol. The van der Waals surface area contributed by atoms with Crippen LogP contribution in [-0.4, -0.2) is 34.2 Å². The number of carbonyl (C=O) groups excluding carboxylic acids is 1. The van der Waals surface area contributed by atoms with Crippen LogP contribution in [0.3, 0.4) is 0 Å². The number of urea groups is 1. The molecular weight excluding hydrogens is 364 g/mol. The summed E-state index contributed by atoms with van der Waals surface area (Å²) in [5.74, 6) is 1.58. The minimum atomic E-state index is -0.0496. The summed E-state index contributed by atoms with van der Waals surface area (Å²) in [6.45, 7) is 5.52. The lowest BCUT2D eigenvalue weighted by Crippen LogP contribution is -2.42. The van der Waals surface area contributed by atoms with Gasteiger partial charge in [-0.2, -0.15) is 4.98 Å². The quantitative estimate of drug-likeness (QED) is 0.692. The fraction of sp³-hybridized carbons (Fsp3) is 0.348. The molecule has 1 atom stereocenters. The van der Waals surface area contributed by atoms with Gasteiger partial charge in [-0.05, 0) is 55.9 Å². The second-order valence-electron chi connectivity index (χ2n) is 7.78. The molecule has 150 valence electrons. The fourth-order valence-corrected chi connectivity index (χ4v) is 3.86. The number of hydrogen-bond acceptors (Lipinski definition) is 4. The third-order valence-electron chi connectivity index (χ3n) is 5.39. The molecule has 1 aromatic heterocycles. The number of aromatic nitrogens is 2. The fourth-order valence-electron chi connectivity index (χ4n) is 3.86. The highest BCUT2D eigenvalue weighted by Gasteiger charge is 2.25. The van der Waals surface area contributed by atoms with Crippen LogP contribution in [0.25, 0.3) is 11.4 Å². The third-order valence-corrected chi connectivity index (χ3v) is 5.39. The lowest BCUT2D eigenvalue weighted by molar-refractivity contribution is 0.173. The van der Waals surface area contributed by atoms with Gasteiger partial charge in [0.15, 0.2) is 0 Å². The van der Waals surface area contributed by atoms with E-state index in [-0.39, 0.29) is 6.03 Å². The van der Waals surface area contributed by atoms with Crippen LogP contribution in [0.4, 0.5) is 10.5 Å². The Morgan fingerprint density at radius 3 is 2.90 bits per heavy atom. The van der Waals surface area contributed by atoms with E-state index in [2.05, 4.69) is 15.5 Å². The molecule has 0 saturated carbocycles. The second kappa shape index (κ2) is 8.47. The van der Waals surface area contributed by atoms with Crippen LogP contribution in [0.1, 0.15) is 29.9 Å². The van der Waals surface area contributed by atoms with E-state index < -0.39 is 0 Å². The van der Waals surface area contributed by atoms with Crippen LogP contribution in [0, 0.1) is 19.8 Å². The van der Waals surface area contributed by atoms with Crippen molar-refractivity contribution < 1.29 is 9.32 Å². The van der Waals surface area contributed by atoms with Gasteiger partial charge in [-0.1, -0.05) is 41.6 Å². The van der Waals surface area contributed by atoms with Crippen molar-refractivity contribution in [2.45, 2.75) is 33.1 Å². The summed E-state index contributed by atoms with van der Waals surface area (Å²) < 4.78 is 5.50. The number of aryl methyl sites for hydroxylation is 2. The predicted octanol–water partition coefficient (Wildman–Crippen LogP) is 4.84. The molecule has 6 nitrogen and oxygen atoms in total.